The second-order valence-corrected chi connectivity index (χ2v) is 10.9. The summed E-state index contributed by atoms with van der Waals surface area (Å²) < 4.78 is 27.0. The quantitative estimate of drug-likeness (QED) is 0.0842. The summed E-state index contributed by atoms with van der Waals surface area (Å²) in [6.45, 7) is -3.91. The van der Waals surface area contributed by atoms with Crippen LogP contribution in [0.5, 0.6) is 0 Å². The van der Waals surface area contributed by atoms with Crippen molar-refractivity contribution in [2.75, 3.05) is 30.9 Å². The predicted octanol–water partition coefficient (Wildman–Crippen LogP) is -1.52. The molecular formula is C27H31N8O12S-. The highest BCUT2D eigenvalue weighted by Gasteiger charge is 2.24. The van der Waals surface area contributed by atoms with Crippen LogP contribution in [0.2, 0.25) is 0 Å². The van der Waals surface area contributed by atoms with Gasteiger partial charge in [-0.1, -0.05) is 12.1 Å². The van der Waals surface area contributed by atoms with Gasteiger partial charge in [0.2, 0.25) is 11.8 Å². The van der Waals surface area contributed by atoms with E-state index >= 15 is 0 Å². The number of hydrogen-bond acceptors (Lipinski definition) is 11. The molecular weight excluding hydrogens is 660 g/mol. The summed E-state index contributed by atoms with van der Waals surface area (Å²) in [7, 11) is 0. The molecule has 2 amide bonds. The van der Waals surface area contributed by atoms with Gasteiger partial charge in [0.1, 0.15) is 50.9 Å². The molecule has 0 saturated heterocycles. The van der Waals surface area contributed by atoms with Crippen molar-refractivity contribution < 1.29 is 58.0 Å². The van der Waals surface area contributed by atoms with Crippen LogP contribution in [0, 0.1) is 0 Å². The van der Waals surface area contributed by atoms with Gasteiger partial charge in [0.25, 0.3) is 0 Å². The molecule has 3 aromatic rings. The number of carboxylic acids is 4. The number of imidazole rings is 2. The lowest BCUT2D eigenvalue weighted by Crippen LogP contribution is -2.41. The van der Waals surface area contributed by atoms with Gasteiger partial charge < -0.3 is 48.6 Å². The van der Waals surface area contributed by atoms with E-state index in [1.807, 2.05) is 0 Å². The number of aromatic nitrogens is 4. The Balaban J connectivity index is 1.87. The van der Waals surface area contributed by atoms with Crippen LogP contribution in [0.3, 0.4) is 0 Å². The van der Waals surface area contributed by atoms with Gasteiger partial charge in [-0.15, -0.1) is 0 Å². The van der Waals surface area contributed by atoms with E-state index in [2.05, 4.69) is 14.7 Å². The topological polar surface area (TPSA) is 281 Å². The SMILES string of the molecule is O=C(O)CN(CC(=O)O)C(=O)Cn1ccnc1CN(Cc1ccc(NS(=O)[O-])cc1)Cc1nccn1CC(=O)N(CC(=O)O)CC(=O)O. The molecule has 20 nitrogen and oxygen atoms in total. The van der Waals surface area contributed by atoms with Crippen LogP contribution in [0.15, 0.2) is 49.1 Å². The van der Waals surface area contributed by atoms with Gasteiger partial charge >= 0.3 is 23.9 Å². The van der Waals surface area contributed by atoms with Gasteiger partial charge in [0, 0.05) is 48.3 Å². The maximum absolute atomic E-state index is 12.9. The van der Waals surface area contributed by atoms with Crippen LogP contribution in [0.4, 0.5) is 5.69 Å². The van der Waals surface area contributed by atoms with Crippen LogP contribution >= 0.6 is 0 Å². The molecule has 0 aliphatic carbocycles. The Kier molecular flexibility index (Phi) is 13.3. The molecule has 0 aliphatic heterocycles. The van der Waals surface area contributed by atoms with E-state index in [0.717, 1.165) is 0 Å². The highest BCUT2D eigenvalue weighted by Crippen LogP contribution is 2.16. The first-order valence-corrected chi connectivity index (χ1v) is 14.9. The Morgan fingerprint density at radius 1 is 0.688 bits per heavy atom. The Morgan fingerprint density at radius 3 is 1.44 bits per heavy atom. The summed E-state index contributed by atoms with van der Waals surface area (Å²) in [5.74, 6) is -6.52. The normalized spacial score (nSPS) is 11.5. The van der Waals surface area contributed by atoms with Crippen molar-refractivity contribution in [1.82, 2.24) is 33.8 Å². The number of hydrogen-bond donors (Lipinski definition) is 5. The fraction of sp³-hybridized carbons (Fsp3) is 0.333. The molecule has 0 spiro atoms. The summed E-state index contributed by atoms with van der Waals surface area (Å²) in [5, 5.41) is 36.5. The Labute approximate surface area is 274 Å². The van der Waals surface area contributed by atoms with E-state index < -0.39 is 86.2 Å². The maximum atomic E-state index is 12.9. The first-order valence-electron chi connectivity index (χ1n) is 13.8. The van der Waals surface area contributed by atoms with Gasteiger partial charge in [0.15, 0.2) is 0 Å². The Hall–Kier alpha value is -5.67. The number of aliphatic carboxylic acids is 4. The van der Waals surface area contributed by atoms with Crippen molar-refractivity contribution in [3.8, 4) is 0 Å². The molecule has 1 atom stereocenters. The molecule has 2 heterocycles. The summed E-state index contributed by atoms with van der Waals surface area (Å²) in [6, 6.07) is 6.36. The zero-order chi connectivity index (χ0) is 35.4. The number of nitrogens with one attached hydrogen (secondary N) is 1. The Bertz CT molecular complexity index is 1540. The minimum absolute atomic E-state index is 0.0354. The van der Waals surface area contributed by atoms with Crippen LogP contribution < -0.4 is 4.72 Å². The van der Waals surface area contributed by atoms with Crippen molar-refractivity contribution in [1.29, 1.82) is 0 Å². The third-order valence-corrected chi connectivity index (χ3v) is 6.92. The minimum atomic E-state index is -2.54. The van der Waals surface area contributed by atoms with Crippen molar-refractivity contribution in [3.63, 3.8) is 0 Å². The van der Waals surface area contributed by atoms with E-state index in [-0.39, 0.29) is 19.6 Å². The van der Waals surface area contributed by atoms with Gasteiger partial charge in [-0.25, -0.2) is 9.97 Å². The van der Waals surface area contributed by atoms with Crippen LogP contribution in [-0.2, 0) is 72.8 Å². The lowest BCUT2D eigenvalue weighted by molar-refractivity contribution is -0.150. The summed E-state index contributed by atoms with van der Waals surface area (Å²) in [5.41, 5.74) is 1.00. The summed E-state index contributed by atoms with van der Waals surface area (Å²) in [4.78, 5) is 82.3. The van der Waals surface area contributed by atoms with E-state index in [1.54, 1.807) is 17.0 Å². The molecule has 3 rings (SSSR count). The number of nitrogens with zero attached hydrogens (tertiary/aromatic N) is 7. The average Bonchev–Trinajstić information content (AvgIpc) is 3.60. The first kappa shape index (κ1) is 36.8. The second-order valence-electron chi connectivity index (χ2n) is 10.2. The van der Waals surface area contributed by atoms with Crippen LogP contribution in [0.1, 0.15) is 17.2 Å². The van der Waals surface area contributed by atoms with Crippen molar-refractivity contribution in [3.05, 3.63) is 66.3 Å². The molecule has 0 fully saturated rings. The minimum Gasteiger partial charge on any atom is -0.755 e. The van der Waals surface area contributed by atoms with Gasteiger partial charge in [0.05, 0.1) is 13.1 Å². The largest absolute Gasteiger partial charge is 0.755 e. The second kappa shape index (κ2) is 17.3. The molecule has 0 radical (unpaired) electrons. The Morgan fingerprint density at radius 2 is 1.08 bits per heavy atom. The van der Waals surface area contributed by atoms with E-state index in [9.17, 15) is 37.5 Å². The van der Waals surface area contributed by atoms with Gasteiger partial charge in [-0.2, -0.15) is 0 Å². The number of carboxylic acid groups (broad SMARTS) is 4. The number of carbonyl (C=O) groups excluding carboxylic acids is 2. The van der Waals surface area contributed by atoms with E-state index in [0.29, 0.717) is 32.7 Å². The standard InChI is InChI=1S/C27H32N8O12S/c36-22(34(14-24(38)39)15-25(40)41)12-32-7-5-28-20(32)10-31(9-18-1-3-19(4-2-18)30-48(46)47)11-21-29-6-8-33(21)13-23(37)35(16-26(42)43)17-27(44)45/h1-8,30H,9-17H2,(H,38,39)(H,40,41)(H,42,43)(H,44,45)(H,46,47)/p-1. The van der Waals surface area contributed by atoms with Crippen molar-refractivity contribution in [2.45, 2.75) is 32.7 Å². The fourth-order valence-electron chi connectivity index (χ4n) is 4.48. The predicted molar refractivity (Wildman–Crippen MR) is 160 cm³/mol. The van der Waals surface area contributed by atoms with Gasteiger partial charge in [-0.05, 0) is 17.7 Å². The molecule has 0 aliphatic rings. The number of amides is 2. The number of anilines is 1. The molecule has 2 aromatic heterocycles. The molecule has 48 heavy (non-hydrogen) atoms. The fourth-order valence-corrected chi connectivity index (χ4v) is 4.81. The number of benzene rings is 1. The third-order valence-electron chi connectivity index (χ3n) is 6.52. The van der Waals surface area contributed by atoms with Crippen LogP contribution in [0.25, 0.3) is 0 Å². The van der Waals surface area contributed by atoms with E-state index in [1.165, 1.54) is 46.1 Å². The highest BCUT2D eigenvalue weighted by molar-refractivity contribution is 7.80. The van der Waals surface area contributed by atoms with Gasteiger partial charge in [-0.3, -0.25) is 37.9 Å². The summed E-state index contributed by atoms with van der Waals surface area (Å²) >= 11 is -2.54. The van der Waals surface area contributed by atoms with E-state index in [4.69, 9.17) is 20.4 Å². The lowest BCUT2D eigenvalue weighted by atomic mass is 10.2. The molecule has 0 saturated carbocycles. The first-order chi connectivity index (χ1) is 22.7. The number of rotatable bonds is 20. The zero-order valence-corrected chi connectivity index (χ0v) is 25.9. The molecule has 258 valence electrons. The number of carbonyl (C=O) groups is 6. The maximum Gasteiger partial charge on any atom is 0.323 e. The molecule has 1 unspecified atom stereocenters. The molecule has 0 bridgehead atoms. The monoisotopic (exact) mass is 691 g/mol. The lowest BCUT2D eigenvalue weighted by Gasteiger charge is -2.24. The molecule has 21 heteroatoms. The average molecular weight is 692 g/mol. The van der Waals surface area contributed by atoms with Crippen LogP contribution in [-0.4, -0.2) is 125 Å². The summed E-state index contributed by atoms with van der Waals surface area (Å²) in [6.07, 6.45) is 5.69. The highest BCUT2D eigenvalue weighted by atomic mass is 32.2. The zero-order valence-electron chi connectivity index (χ0n) is 25.1. The van der Waals surface area contributed by atoms with Crippen molar-refractivity contribution in [2.24, 2.45) is 0 Å². The molecule has 1 aromatic carbocycles. The smallest absolute Gasteiger partial charge is 0.323 e. The third kappa shape index (κ3) is 11.9. The molecule has 5 N–H and O–H groups in total. The van der Waals surface area contributed by atoms with Crippen molar-refractivity contribution >= 4 is 52.6 Å².